The van der Waals surface area contributed by atoms with E-state index in [9.17, 15) is 0 Å². The zero-order chi connectivity index (χ0) is 18.5. The lowest BCUT2D eigenvalue weighted by molar-refractivity contribution is 0.506. The van der Waals surface area contributed by atoms with Crippen molar-refractivity contribution in [2.45, 2.75) is 72.3 Å². The van der Waals surface area contributed by atoms with Gasteiger partial charge >= 0.3 is 0 Å². The molecule has 0 aliphatic heterocycles. The maximum Gasteiger partial charge on any atom is 0.0204 e. The third kappa shape index (κ3) is 9.95. The topological polar surface area (TPSA) is 12.0 Å². The van der Waals surface area contributed by atoms with Crippen LogP contribution in [0.25, 0.3) is 0 Å². The smallest absolute Gasteiger partial charge is 0.0204 e. The Hall–Kier alpha value is -1.78. The maximum absolute atomic E-state index is 3.94. The number of hydrogen-bond donors (Lipinski definition) is 1. The Morgan fingerprint density at radius 2 is 1.96 bits per heavy atom. The van der Waals surface area contributed by atoms with E-state index < -0.39 is 0 Å². The van der Waals surface area contributed by atoms with Crippen molar-refractivity contribution in [3.8, 4) is 0 Å². The van der Waals surface area contributed by atoms with Gasteiger partial charge in [0.1, 0.15) is 0 Å². The minimum absolute atomic E-state index is 0.582. The third-order valence-corrected chi connectivity index (χ3v) is 4.30. The van der Waals surface area contributed by atoms with Gasteiger partial charge in [-0.05, 0) is 51.3 Å². The SMILES string of the molecule is C=C(C)Cc1c#cc(C/C=C\C(=C/C)CNC(C)CCCCC)cc1. The molecule has 0 amide bonds. The summed E-state index contributed by atoms with van der Waals surface area (Å²) in [6.45, 7) is 13.6. The van der Waals surface area contributed by atoms with Crippen molar-refractivity contribution in [3.05, 3.63) is 71.3 Å². The summed E-state index contributed by atoms with van der Waals surface area (Å²) in [5.74, 6) is 0. The Balaban J connectivity index is 2.38. The zero-order valence-corrected chi connectivity index (χ0v) is 16.6. The molecule has 1 rings (SSSR count). The van der Waals surface area contributed by atoms with Crippen molar-refractivity contribution < 1.29 is 0 Å². The Bertz CT molecular complexity index is 548. The van der Waals surface area contributed by atoms with Crippen molar-refractivity contribution in [2.75, 3.05) is 6.54 Å². The number of nitrogens with one attached hydrogen (secondary N) is 1. The van der Waals surface area contributed by atoms with Gasteiger partial charge in [0.2, 0.25) is 0 Å². The fraction of sp³-hybridized carbons (Fsp3) is 0.500. The van der Waals surface area contributed by atoms with Gasteiger partial charge in [-0.25, -0.2) is 0 Å². The van der Waals surface area contributed by atoms with Crippen LogP contribution in [0.4, 0.5) is 0 Å². The molecule has 0 fully saturated rings. The molecule has 0 saturated heterocycles. The normalized spacial score (nSPS) is 13.0. The van der Waals surface area contributed by atoms with Crippen LogP contribution in [0.1, 0.15) is 64.5 Å². The van der Waals surface area contributed by atoms with E-state index in [0.717, 1.165) is 30.5 Å². The van der Waals surface area contributed by atoms with Gasteiger partial charge < -0.3 is 5.32 Å². The average molecular weight is 338 g/mol. The second kappa shape index (κ2) is 12.6. The highest BCUT2D eigenvalue weighted by molar-refractivity contribution is 5.24. The molecule has 0 aromatic heterocycles. The fourth-order valence-electron chi connectivity index (χ4n) is 2.68. The molecular formula is C24H35N. The summed E-state index contributed by atoms with van der Waals surface area (Å²) in [5.41, 5.74) is 4.84. The van der Waals surface area contributed by atoms with E-state index in [1.54, 1.807) is 0 Å². The van der Waals surface area contributed by atoms with Crippen molar-refractivity contribution in [1.29, 1.82) is 0 Å². The van der Waals surface area contributed by atoms with Gasteiger partial charge in [0.25, 0.3) is 0 Å². The second-order valence-corrected chi connectivity index (χ2v) is 7.02. The summed E-state index contributed by atoms with van der Waals surface area (Å²) >= 11 is 0. The summed E-state index contributed by atoms with van der Waals surface area (Å²) in [6.07, 6.45) is 13.6. The Morgan fingerprint density at radius 3 is 2.56 bits per heavy atom. The van der Waals surface area contributed by atoms with E-state index in [0.29, 0.717) is 6.04 Å². The Morgan fingerprint density at radius 1 is 1.24 bits per heavy atom. The van der Waals surface area contributed by atoms with Crippen LogP contribution in [0, 0.1) is 12.1 Å². The lowest BCUT2D eigenvalue weighted by Gasteiger charge is -2.13. The molecule has 0 aliphatic rings. The monoisotopic (exact) mass is 337 g/mol. The molecule has 0 heterocycles. The molecule has 0 bridgehead atoms. The molecule has 1 N–H and O–H groups in total. The van der Waals surface area contributed by atoms with Crippen LogP contribution in [0.3, 0.4) is 0 Å². The molecule has 0 saturated carbocycles. The molecule has 1 aromatic carbocycles. The van der Waals surface area contributed by atoms with E-state index in [1.165, 1.54) is 36.8 Å². The highest BCUT2D eigenvalue weighted by Crippen LogP contribution is 2.07. The number of unbranched alkanes of at least 4 members (excludes halogenated alkanes) is 2. The van der Waals surface area contributed by atoms with Crippen molar-refractivity contribution in [3.63, 3.8) is 0 Å². The Kier molecular flexibility index (Phi) is 10.7. The van der Waals surface area contributed by atoms with Gasteiger partial charge in [0.15, 0.2) is 0 Å². The summed E-state index contributed by atoms with van der Waals surface area (Å²) in [5, 5.41) is 3.63. The first-order chi connectivity index (χ1) is 12.0. The van der Waals surface area contributed by atoms with Crippen LogP contribution in [0.15, 0.2) is 48.1 Å². The van der Waals surface area contributed by atoms with Crippen LogP contribution in [-0.2, 0) is 12.8 Å². The molecule has 1 atom stereocenters. The molecule has 136 valence electrons. The van der Waals surface area contributed by atoms with Crippen molar-refractivity contribution >= 4 is 0 Å². The number of hydrogen-bond acceptors (Lipinski definition) is 1. The quantitative estimate of drug-likeness (QED) is 0.280. The van der Waals surface area contributed by atoms with E-state index in [-0.39, 0.29) is 0 Å². The summed E-state index contributed by atoms with van der Waals surface area (Å²) < 4.78 is 0. The van der Waals surface area contributed by atoms with E-state index in [1.807, 2.05) is 6.92 Å². The van der Waals surface area contributed by atoms with Gasteiger partial charge in [-0.15, -0.1) is 0 Å². The molecule has 1 heteroatoms. The number of allylic oxidation sites excluding steroid dienone is 3. The second-order valence-electron chi connectivity index (χ2n) is 7.02. The first-order valence-electron chi connectivity index (χ1n) is 9.66. The van der Waals surface area contributed by atoms with Gasteiger partial charge in [0.05, 0.1) is 0 Å². The van der Waals surface area contributed by atoms with Gasteiger partial charge in [-0.3, -0.25) is 0 Å². The average Bonchev–Trinajstić information content (AvgIpc) is 2.59. The molecular weight excluding hydrogens is 302 g/mol. The van der Waals surface area contributed by atoms with Crippen LogP contribution < -0.4 is 5.32 Å². The van der Waals surface area contributed by atoms with Gasteiger partial charge in [-0.1, -0.05) is 68.7 Å². The van der Waals surface area contributed by atoms with Crippen molar-refractivity contribution in [2.24, 2.45) is 0 Å². The highest BCUT2D eigenvalue weighted by atomic mass is 14.9. The zero-order valence-electron chi connectivity index (χ0n) is 16.6. The first-order valence-corrected chi connectivity index (χ1v) is 9.66. The van der Waals surface area contributed by atoms with Crippen molar-refractivity contribution in [1.82, 2.24) is 5.32 Å². The standard InChI is InChI=1S/C24H35N/c1-6-8-9-11-21(5)25-19-22(7-2)12-10-13-23-14-16-24(17-15-23)18-20(3)4/h7,10,12,14,16,21,25H,3,6,8-9,11,13,18-19H2,1-2,4-5H3/b12-10-,22-7+. The summed E-state index contributed by atoms with van der Waals surface area (Å²) in [4.78, 5) is 0. The van der Waals surface area contributed by atoms with Crippen LogP contribution in [0.5, 0.6) is 0 Å². The molecule has 1 nitrogen and oxygen atoms in total. The third-order valence-electron chi connectivity index (χ3n) is 4.30. The molecule has 1 aromatic rings. The minimum Gasteiger partial charge on any atom is -0.310 e. The highest BCUT2D eigenvalue weighted by Gasteiger charge is 2.01. The first kappa shape index (κ1) is 21.3. The maximum atomic E-state index is 3.94. The lowest BCUT2D eigenvalue weighted by Crippen LogP contribution is -2.27. The molecule has 0 aliphatic carbocycles. The Labute approximate surface area is 155 Å². The summed E-state index contributed by atoms with van der Waals surface area (Å²) in [7, 11) is 0. The molecule has 0 radical (unpaired) electrons. The largest absolute Gasteiger partial charge is 0.310 e. The fourth-order valence-corrected chi connectivity index (χ4v) is 2.68. The minimum atomic E-state index is 0.582. The van der Waals surface area contributed by atoms with E-state index in [2.05, 4.69) is 75.2 Å². The number of rotatable bonds is 12. The van der Waals surface area contributed by atoms with E-state index in [4.69, 9.17) is 0 Å². The van der Waals surface area contributed by atoms with Crippen LogP contribution in [-0.4, -0.2) is 12.6 Å². The summed E-state index contributed by atoms with van der Waals surface area (Å²) in [6, 6.07) is 11.4. The lowest BCUT2D eigenvalue weighted by atomic mass is 10.1. The molecule has 1 unspecified atom stereocenters. The van der Waals surface area contributed by atoms with E-state index >= 15 is 0 Å². The predicted octanol–water partition coefficient (Wildman–Crippen LogP) is 6.01. The molecule has 0 spiro atoms. The predicted molar refractivity (Wildman–Crippen MR) is 111 cm³/mol. The molecule has 25 heavy (non-hydrogen) atoms. The van der Waals surface area contributed by atoms with Gasteiger partial charge in [-0.2, -0.15) is 0 Å². The van der Waals surface area contributed by atoms with Crippen LogP contribution in [0.2, 0.25) is 0 Å². The van der Waals surface area contributed by atoms with Gasteiger partial charge in [0, 0.05) is 30.1 Å². The van der Waals surface area contributed by atoms with Crippen LogP contribution >= 0.6 is 0 Å².